The maximum Gasteiger partial charge on any atom is 0.110 e. The van der Waals surface area contributed by atoms with Gasteiger partial charge in [-0.25, -0.2) is 4.98 Å². The summed E-state index contributed by atoms with van der Waals surface area (Å²) in [6.45, 7) is 4.61. The summed E-state index contributed by atoms with van der Waals surface area (Å²) < 4.78 is 0. The fourth-order valence-corrected chi connectivity index (χ4v) is 3.95. The van der Waals surface area contributed by atoms with Crippen LogP contribution in [0.3, 0.4) is 0 Å². The molecule has 3 rings (SSSR count). The van der Waals surface area contributed by atoms with E-state index in [1.165, 1.54) is 49.2 Å². The van der Waals surface area contributed by atoms with E-state index in [0.29, 0.717) is 12.0 Å². The van der Waals surface area contributed by atoms with Crippen molar-refractivity contribution in [2.75, 3.05) is 0 Å². The van der Waals surface area contributed by atoms with Gasteiger partial charge in [-0.2, -0.15) is 0 Å². The number of fused-ring (bicyclic) bond motifs is 1. The zero-order valence-electron chi connectivity index (χ0n) is 10.8. The van der Waals surface area contributed by atoms with Crippen molar-refractivity contribution < 1.29 is 0 Å². The number of nitrogens with one attached hydrogen (secondary N) is 1. The van der Waals surface area contributed by atoms with Gasteiger partial charge in [-0.15, -0.1) is 11.3 Å². The average Bonchev–Trinajstić information content (AvgIpc) is 3.03. The Hall–Kier alpha value is -0.410. The molecule has 2 aliphatic carbocycles. The number of aryl methyl sites for hydroxylation is 2. The van der Waals surface area contributed by atoms with Crippen LogP contribution in [0.1, 0.15) is 61.2 Å². The van der Waals surface area contributed by atoms with Crippen LogP contribution in [-0.4, -0.2) is 11.0 Å². The number of rotatable bonds is 4. The maximum absolute atomic E-state index is 4.91. The second-order valence-electron chi connectivity index (χ2n) is 5.79. The molecule has 0 amide bonds. The number of hydrogen-bond acceptors (Lipinski definition) is 3. The molecule has 3 heteroatoms. The van der Waals surface area contributed by atoms with Crippen LogP contribution in [0.15, 0.2) is 0 Å². The Morgan fingerprint density at radius 2 is 2.00 bits per heavy atom. The summed E-state index contributed by atoms with van der Waals surface area (Å²) in [5.41, 5.74) is 1.40. The van der Waals surface area contributed by atoms with E-state index in [0.717, 1.165) is 6.04 Å². The summed E-state index contributed by atoms with van der Waals surface area (Å²) in [5, 5.41) is 5.11. The van der Waals surface area contributed by atoms with Gasteiger partial charge in [0.05, 0.1) is 11.7 Å². The van der Waals surface area contributed by atoms with Gasteiger partial charge in [0.25, 0.3) is 0 Å². The lowest BCUT2D eigenvalue weighted by molar-refractivity contribution is 0.407. The Labute approximate surface area is 108 Å². The fourth-order valence-electron chi connectivity index (χ4n) is 2.56. The topological polar surface area (TPSA) is 24.9 Å². The predicted octanol–water partition coefficient (Wildman–Crippen LogP) is 3.47. The number of thiazole rings is 1. The van der Waals surface area contributed by atoms with Gasteiger partial charge in [-0.05, 0) is 44.4 Å². The highest BCUT2D eigenvalue weighted by Crippen LogP contribution is 2.34. The van der Waals surface area contributed by atoms with Crippen LogP contribution in [0.4, 0.5) is 0 Å². The first-order valence-electron chi connectivity index (χ1n) is 6.98. The van der Waals surface area contributed by atoms with E-state index in [2.05, 4.69) is 19.2 Å². The Balaban J connectivity index is 1.81. The van der Waals surface area contributed by atoms with Crippen LogP contribution < -0.4 is 5.32 Å². The van der Waals surface area contributed by atoms with Crippen LogP contribution in [-0.2, 0) is 12.8 Å². The van der Waals surface area contributed by atoms with Crippen LogP contribution >= 0.6 is 11.3 Å². The van der Waals surface area contributed by atoms with Crippen LogP contribution in [0.2, 0.25) is 0 Å². The van der Waals surface area contributed by atoms with Gasteiger partial charge in [0.1, 0.15) is 5.01 Å². The Kier molecular flexibility index (Phi) is 3.22. The van der Waals surface area contributed by atoms with Gasteiger partial charge in [0.2, 0.25) is 0 Å². The molecule has 0 saturated heterocycles. The van der Waals surface area contributed by atoms with Gasteiger partial charge in [0.15, 0.2) is 0 Å². The van der Waals surface area contributed by atoms with E-state index in [1.807, 2.05) is 11.3 Å². The van der Waals surface area contributed by atoms with Crippen molar-refractivity contribution in [2.45, 2.75) is 64.5 Å². The summed E-state index contributed by atoms with van der Waals surface area (Å²) in [5.74, 6) is 0.642. The molecule has 17 heavy (non-hydrogen) atoms. The highest BCUT2D eigenvalue weighted by molar-refractivity contribution is 7.11. The third-order valence-corrected chi connectivity index (χ3v) is 5.03. The lowest BCUT2D eigenvalue weighted by Crippen LogP contribution is -2.27. The molecule has 1 unspecified atom stereocenters. The SMILES string of the molecule is CC(C)C(NC1CC1)c1nc2c(s1)CCCC2. The summed E-state index contributed by atoms with van der Waals surface area (Å²) in [7, 11) is 0. The molecule has 1 aromatic heterocycles. The molecule has 1 saturated carbocycles. The Bertz CT molecular complexity index is 369. The molecular weight excluding hydrogens is 228 g/mol. The molecule has 1 N–H and O–H groups in total. The number of hydrogen-bond donors (Lipinski definition) is 1. The van der Waals surface area contributed by atoms with E-state index in [9.17, 15) is 0 Å². The van der Waals surface area contributed by atoms with Crippen molar-refractivity contribution in [2.24, 2.45) is 5.92 Å². The molecular formula is C14H22N2S. The summed E-state index contributed by atoms with van der Waals surface area (Å²) in [6, 6.07) is 1.25. The molecule has 0 spiro atoms. The molecule has 2 nitrogen and oxygen atoms in total. The fraction of sp³-hybridized carbons (Fsp3) is 0.786. The molecule has 1 atom stereocenters. The lowest BCUT2D eigenvalue weighted by atomic mass is 10.0. The van der Waals surface area contributed by atoms with Crippen molar-refractivity contribution in [3.8, 4) is 0 Å². The highest BCUT2D eigenvalue weighted by atomic mass is 32.1. The summed E-state index contributed by atoms with van der Waals surface area (Å²) in [6.07, 6.45) is 7.87. The first-order valence-corrected chi connectivity index (χ1v) is 7.80. The Morgan fingerprint density at radius 3 is 2.65 bits per heavy atom. The van der Waals surface area contributed by atoms with Crippen molar-refractivity contribution in [1.82, 2.24) is 10.3 Å². The first kappa shape index (κ1) is 11.7. The molecule has 1 aromatic rings. The molecule has 1 heterocycles. The van der Waals surface area contributed by atoms with Crippen molar-refractivity contribution in [1.29, 1.82) is 0 Å². The zero-order valence-corrected chi connectivity index (χ0v) is 11.6. The molecule has 1 fully saturated rings. The third kappa shape index (κ3) is 2.55. The largest absolute Gasteiger partial charge is 0.305 e. The maximum atomic E-state index is 4.91. The first-order chi connectivity index (χ1) is 8.24. The smallest absolute Gasteiger partial charge is 0.110 e. The van der Waals surface area contributed by atoms with E-state index in [4.69, 9.17) is 4.98 Å². The number of aromatic nitrogens is 1. The van der Waals surface area contributed by atoms with Crippen LogP contribution in [0.25, 0.3) is 0 Å². The monoisotopic (exact) mass is 250 g/mol. The minimum atomic E-state index is 0.484. The van der Waals surface area contributed by atoms with Crippen LogP contribution in [0, 0.1) is 5.92 Å². The second kappa shape index (κ2) is 4.69. The minimum absolute atomic E-state index is 0.484. The molecule has 0 aromatic carbocycles. The normalized spacial score (nSPS) is 21.6. The van der Waals surface area contributed by atoms with Crippen molar-refractivity contribution in [3.63, 3.8) is 0 Å². The van der Waals surface area contributed by atoms with Gasteiger partial charge in [0, 0.05) is 10.9 Å². The van der Waals surface area contributed by atoms with E-state index in [-0.39, 0.29) is 0 Å². The van der Waals surface area contributed by atoms with E-state index in [1.54, 1.807) is 4.88 Å². The standard InChI is InChI=1S/C14H22N2S/c1-9(2)13(15-10-7-8-10)14-16-11-5-3-4-6-12(11)17-14/h9-10,13,15H,3-8H2,1-2H3. The zero-order chi connectivity index (χ0) is 11.8. The molecule has 0 radical (unpaired) electrons. The third-order valence-electron chi connectivity index (χ3n) is 3.79. The lowest BCUT2D eigenvalue weighted by Gasteiger charge is -2.19. The van der Waals surface area contributed by atoms with Gasteiger partial charge >= 0.3 is 0 Å². The van der Waals surface area contributed by atoms with Gasteiger partial charge < -0.3 is 5.32 Å². The molecule has 94 valence electrons. The van der Waals surface area contributed by atoms with Crippen LogP contribution in [0.5, 0.6) is 0 Å². The van der Waals surface area contributed by atoms with Gasteiger partial charge in [-0.3, -0.25) is 0 Å². The highest BCUT2D eigenvalue weighted by Gasteiger charge is 2.29. The molecule has 2 aliphatic rings. The predicted molar refractivity (Wildman–Crippen MR) is 72.5 cm³/mol. The minimum Gasteiger partial charge on any atom is -0.305 e. The van der Waals surface area contributed by atoms with Gasteiger partial charge in [-0.1, -0.05) is 13.8 Å². The number of nitrogens with zero attached hydrogens (tertiary/aromatic N) is 1. The molecule has 0 aliphatic heterocycles. The second-order valence-corrected chi connectivity index (χ2v) is 6.91. The van der Waals surface area contributed by atoms with E-state index < -0.39 is 0 Å². The van der Waals surface area contributed by atoms with E-state index >= 15 is 0 Å². The summed E-state index contributed by atoms with van der Waals surface area (Å²) in [4.78, 5) is 6.47. The van der Waals surface area contributed by atoms with Crippen molar-refractivity contribution >= 4 is 11.3 Å². The Morgan fingerprint density at radius 1 is 1.24 bits per heavy atom. The quantitative estimate of drug-likeness (QED) is 0.885. The van der Waals surface area contributed by atoms with Crippen molar-refractivity contribution in [3.05, 3.63) is 15.6 Å². The molecule has 0 bridgehead atoms. The summed E-state index contributed by atoms with van der Waals surface area (Å²) >= 11 is 1.97. The average molecular weight is 250 g/mol.